The molecule has 1 unspecified atom stereocenters. The third-order valence-electron chi connectivity index (χ3n) is 1.87. The summed E-state index contributed by atoms with van der Waals surface area (Å²) >= 11 is 0. The van der Waals surface area contributed by atoms with Crippen LogP contribution in [-0.2, 0) is 14.3 Å². The van der Waals surface area contributed by atoms with E-state index < -0.39 is 17.7 Å². The van der Waals surface area contributed by atoms with Crippen LogP contribution in [0.25, 0.3) is 0 Å². The predicted molar refractivity (Wildman–Crippen MR) is 48.8 cm³/mol. The van der Waals surface area contributed by atoms with E-state index in [0.29, 0.717) is 13.0 Å². The lowest BCUT2D eigenvalue weighted by molar-refractivity contribution is -0.154. The Bertz CT molecular complexity index is 165. The maximum atomic E-state index is 10.7. The van der Waals surface area contributed by atoms with Gasteiger partial charge in [-0.15, -0.1) is 0 Å². The predicted octanol–water partition coefficient (Wildman–Crippen LogP) is 1.29. The molecule has 0 heterocycles. The van der Waals surface area contributed by atoms with E-state index in [2.05, 4.69) is 0 Å². The number of aliphatic carboxylic acids is 1. The number of methoxy groups -OCH3 is 1. The third-order valence-corrected chi connectivity index (χ3v) is 1.87. The first kappa shape index (κ1) is 12.4. The lowest BCUT2D eigenvalue weighted by Gasteiger charge is -2.26. The molecule has 78 valence electrons. The van der Waals surface area contributed by atoms with Crippen LogP contribution in [0.4, 0.5) is 0 Å². The number of rotatable bonds is 6. The Morgan fingerprint density at radius 1 is 1.54 bits per heavy atom. The van der Waals surface area contributed by atoms with E-state index in [0.717, 1.165) is 0 Å². The SMILES string of the molecule is CCOC(CC(C)(C)OC)C(=O)O. The van der Waals surface area contributed by atoms with Gasteiger partial charge in [0, 0.05) is 20.1 Å². The van der Waals surface area contributed by atoms with Crippen LogP contribution in [0.1, 0.15) is 27.2 Å². The van der Waals surface area contributed by atoms with Gasteiger partial charge in [0.05, 0.1) is 5.60 Å². The van der Waals surface area contributed by atoms with Crippen LogP contribution >= 0.6 is 0 Å². The summed E-state index contributed by atoms with van der Waals surface area (Å²) < 4.78 is 10.2. The standard InChI is InChI=1S/C9H18O4/c1-5-13-7(8(10)11)6-9(2,3)12-4/h7H,5-6H2,1-4H3,(H,10,11). The van der Waals surface area contributed by atoms with Crippen LogP contribution in [0.3, 0.4) is 0 Å². The topological polar surface area (TPSA) is 55.8 Å². The van der Waals surface area contributed by atoms with Crippen molar-refractivity contribution in [3.05, 3.63) is 0 Å². The van der Waals surface area contributed by atoms with Gasteiger partial charge in [0.1, 0.15) is 0 Å². The van der Waals surface area contributed by atoms with E-state index in [-0.39, 0.29) is 0 Å². The molecule has 4 heteroatoms. The van der Waals surface area contributed by atoms with Gasteiger partial charge in [-0.1, -0.05) is 0 Å². The van der Waals surface area contributed by atoms with E-state index in [1.807, 2.05) is 13.8 Å². The Labute approximate surface area is 78.8 Å². The fourth-order valence-corrected chi connectivity index (χ4v) is 0.949. The summed E-state index contributed by atoms with van der Waals surface area (Å²) in [5.74, 6) is -0.938. The smallest absolute Gasteiger partial charge is 0.332 e. The highest BCUT2D eigenvalue weighted by molar-refractivity contribution is 5.72. The molecule has 0 amide bonds. The van der Waals surface area contributed by atoms with Crippen molar-refractivity contribution in [1.82, 2.24) is 0 Å². The maximum absolute atomic E-state index is 10.7. The van der Waals surface area contributed by atoms with Gasteiger partial charge in [0.25, 0.3) is 0 Å². The van der Waals surface area contributed by atoms with Gasteiger partial charge >= 0.3 is 5.97 Å². The number of carboxylic acids is 1. The van der Waals surface area contributed by atoms with E-state index >= 15 is 0 Å². The minimum absolute atomic E-state index is 0.354. The van der Waals surface area contributed by atoms with Gasteiger partial charge in [0.2, 0.25) is 0 Å². The monoisotopic (exact) mass is 190 g/mol. The minimum Gasteiger partial charge on any atom is -0.479 e. The first-order chi connectivity index (χ1) is 5.93. The van der Waals surface area contributed by atoms with E-state index in [4.69, 9.17) is 14.6 Å². The number of hydrogen-bond acceptors (Lipinski definition) is 3. The van der Waals surface area contributed by atoms with Gasteiger partial charge in [-0.05, 0) is 20.8 Å². The number of hydrogen-bond donors (Lipinski definition) is 1. The molecule has 0 saturated heterocycles. The summed E-state index contributed by atoms with van der Waals surface area (Å²) in [6.45, 7) is 5.84. The zero-order valence-electron chi connectivity index (χ0n) is 8.66. The molecule has 0 spiro atoms. The summed E-state index contributed by atoms with van der Waals surface area (Å²) in [5, 5.41) is 8.78. The van der Waals surface area contributed by atoms with Crippen molar-refractivity contribution in [2.45, 2.75) is 38.9 Å². The molecule has 0 rings (SSSR count). The summed E-state index contributed by atoms with van der Waals surface area (Å²) in [4.78, 5) is 10.7. The maximum Gasteiger partial charge on any atom is 0.332 e. The molecule has 0 aromatic carbocycles. The molecule has 0 aliphatic carbocycles. The van der Waals surface area contributed by atoms with Crippen LogP contribution in [0.5, 0.6) is 0 Å². The van der Waals surface area contributed by atoms with Gasteiger partial charge < -0.3 is 14.6 Å². The van der Waals surface area contributed by atoms with Crippen molar-refractivity contribution in [3.63, 3.8) is 0 Å². The summed E-state index contributed by atoms with van der Waals surface area (Å²) in [6, 6.07) is 0. The highest BCUT2D eigenvalue weighted by atomic mass is 16.5. The Morgan fingerprint density at radius 2 is 2.08 bits per heavy atom. The normalized spacial score (nSPS) is 14.2. The molecule has 0 saturated carbocycles. The summed E-state index contributed by atoms with van der Waals surface area (Å²) in [6.07, 6.45) is -0.424. The van der Waals surface area contributed by atoms with Crippen LogP contribution < -0.4 is 0 Å². The zero-order chi connectivity index (χ0) is 10.5. The van der Waals surface area contributed by atoms with Crippen molar-refractivity contribution in [2.24, 2.45) is 0 Å². The van der Waals surface area contributed by atoms with Crippen molar-refractivity contribution in [2.75, 3.05) is 13.7 Å². The van der Waals surface area contributed by atoms with Gasteiger partial charge in [-0.2, -0.15) is 0 Å². The summed E-state index contributed by atoms with van der Waals surface area (Å²) in [7, 11) is 1.56. The van der Waals surface area contributed by atoms with Crippen LogP contribution in [0, 0.1) is 0 Å². The van der Waals surface area contributed by atoms with Gasteiger partial charge in [-0.3, -0.25) is 0 Å². The average molecular weight is 190 g/mol. The molecule has 0 aliphatic heterocycles. The highest BCUT2D eigenvalue weighted by Gasteiger charge is 2.27. The van der Waals surface area contributed by atoms with E-state index in [9.17, 15) is 4.79 Å². The Kier molecular flexibility index (Phi) is 4.95. The zero-order valence-corrected chi connectivity index (χ0v) is 8.66. The van der Waals surface area contributed by atoms with Crippen molar-refractivity contribution >= 4 is 5.97 Å². The van der Waals surface area contributed by atoms with Crippen LogP contribution in [0.2, 0.25) is 0 Å². The molecular formula is C9H18O4. The second-order valence-electron chi connectivity index (χ2n) is 3.45. The molecular weight excluding hydrogens is 172 g/mol. The Balaban J connectivity index is 4.17. The van der Waals surface area contributed by atoms with E-state index in [1.54, 1.807) is 14.0 Å². The first-order valence-corrected chi connectivity index (χ1v) is 4.32. The lowest BCUT2D eigenvalue weighted by atomic mass is 10.0. The Hall–Kier alpha value is -0.610. The first-order valence-electron chi connectivity index (χ1n) is 4.32. The number of carbonyl (C=O) groups is 1. The number of carboxylic acid groups (broad SMARTS) is 1. The quantitative estimate of drug-likeness (QED) is 0.685. The van der Waals surface area contributed by atoms with Crippen molar-refractivity contribution in [3.8, 4) is 0 Å². The fourth-order valence-electron chi connectivity index (χ4n) is 0.949. The molecule has 0 aliphatic rings. The number of ether oxygens (including phenoxy) is 2. The molecule has 1 atom stereocenters. The third kappa shape index (κ3) is 4.85. The second kappa shape index (κ2) is 5.19. The minimum atomic E-state index is -0.938. The van der Waals surface area contributed by atoms with Gasteiger partial charge in [0.15, 0.2) is 6.10 Å². The molecule has 0 aromatic heterocycles. The van der Waals surface area contributed by atoms with Crippen LogP contribution in [0.15, 0.2) is 0 Å². The van der Waals surface area contributed by atoms with E-state index in [1.165, 1.54) is 0 Å². The lowest BCUT2D eigenvalue weighted by Crippen LogP contribution is -2.35. The molecule has 4 nitrogen and oxygen atoms in total. The second-order valence-corrected chi connectivity index (χ2v) is 3.45. The fraction of sp³-hybridized carbons (Fsp3) is 0.889. The molecule has 1 N–H and O–H groups in total. The molecule has 0 radical (unpaired) electrons. The Morgan fingerprint density at radius 3 is 2.38 bits per heavy atom. The van der Waals surface area contributed by atoms with Crippen molar-refractivity contribution in [1.29, 1.82) is 0 Å². The molecule has 0 bridgehead atoms. The molecule has 0 fully saturated rings. The van der Waals surface area contributed by atoms with Crippen LogP contribution in [-0.4, -0.2) is 36.5 Å². The summed E-state index contributed by atoms with van der Waals surface area (Å²) in [5.41, 5.74) is -0.460. The molecule has 13 heavy (non-hydrogen) atoms. The average Bonchev–Trinajstić information content (AvgIpc) is 2.03. The largest absolute Gasteiger partial charge is 0.479 e. The highest BCUT2D eigenvalue weighted by Crippen LogP contribution is 2.17. The van der Waals surface area contributed by atoms with Gasteiger partial charge in [-0.25, -0.2) is 4.79 Å². The van der Waals surface area contributed by atoms with Crippen molar-refractivity contribution < 1.29 is 19.4 Å². The molecule has 0 aromatic rings.